The predicted molar refractivity (Wildman–Crippen MR) is 113 cm³/mol. The van der Waals surface area contributed by atoms with Crippen LogP contribution in [0.5, 0.6) is 5.75 Å². The average molecular weight is 394 g/mol. The molecule has 6 nitrogen and oxygen atoms in total. The standard InChI is InChI=1S/C23H26N2O4/c1-15(2)14-25-22(26)19-11-6-5-10-18(19)20(24-25)23(27)29-13-12-28-21-16(3)8-7-9-17(21)4/h5-11,15H,12-14H2,1-4H3. The summed E-state index contributed by atoms with van der Waals surface area (Å²) in [5.41, 5.74) is 2.01. The van der Waals surface area contributed by atoms with Gasteiger partial charge in [0.1, 0.15) is 19.0 Å². The number of carbonyl (C=O) groups excluding carboxylic acids is 1. The second kappa shape index (κ2) is 8.90. The van der Waals surface area contributed by atoms with Gasteiger partial charge in [-0.15, -0.1) is 0 Å². The van der Waals surface area contributed by atoms with E-state index in [-0.39, 0.29) is 30.4 Å². The van der Waals surface area contributed by atoms with E-state index >= 15 is 0 Å². The molecule has 0 aliphatic rings. The molecule has 0 saturated carbocycles. The summed E-state index contributed by atoms with van der Waals surface area (Å²) in [6.45, 7) is 8.69. The van der Waals surface area contributed by atoms with Crippen LogP contribution in [0.2, 0.25) is 0 Å². The molecule has 3 rings (SSSR count). The molecular weight excluding hydrogens is 368 g/mol. The summed E-state index contributed by atoms with van der Waals surface area (Å²) < 4.78 is 12.5. The van der Waals surface area contributed by atoms with E-state index in [9.17, 15) is 9.59 Å². The number of esters is 1. The molecule has 0 aliphatic heterocycles. The zero-order valence-corrected chi connectivity index (χ0v) is 17.3. The van der Waals surface area contributed by atoms with Crippen LogP contribution in [0.1, 0.15) is 35.5 Å². The number of aryl methyl sites for hydroxylation is 2. The molecule has 0 fully saturated rings. The maximum absolute atomic E-state index is 12.7. The first kappa shape index (κ1) is 20.6. The van der Waals surface area contributed by atoms with Crippen LogP contribution < -0.4 is 10.3 Å². The van der Waals surface area contributed by atoms with Crippen LogP contribution in [0.25, 0.3) is 10.8 Å². The highest BCUT2D eigenvalue weighted by atomic mass is 16.6. The van der Waals surface area contributed by atoms with Gasteiger partial charge in [-0.3, -0.25) is 4.79 Å². The lowest BCUT2D eigenvalue weighted by Gasteiger charge is -2.13. The van der Waals surface area contributed by atoms with Crippen LogP contribution in [0.15, 0.2) is 47.3 Å². The van der Waals surface area contributed by atoms with Gasteiger partial charge in [0.15, 0.2) is 5.69 Å². The zero-order chi connectivity index (χ0) is 21.0. The summed E-state index contributed by atoms with van der Waals surface area (Å²) in [5.74, 6) is 0.456. The van der Waals surface area contributed by atoms with E-state index in [1.54, 1.807) is 24.3 Å². The van der Waals surface area contributed by atoms with Crippen molar-refractivity contribution in [3.8, 4) is 5.75 Å². The van der Waals surface area contributed by atoms with Crippen LogP contribution in [-0.4, -0.2) is 29.0 Å². The summed E-state index contributed by atoms with van der Waals surface area (Å²) >= 11 is 0. The number of carbonyl (C=O) groups is 1. The Bertz CT molecular complexity index is 1070. The molecule has 0 radical (unpaired) electrons. The lowest BCUT2D eigenvalue weighted by atomic mass is 10.1. The number of aromatic nitrogens is 2. The maximum Gasteiger partial charge on any atom is 0.359 e. The second-order valence-corrected chi connectivity index (χ2v) is 7.48. The Morgan fingerprint density at radius 3 is 2.31 bits per heavy atom. The summed E-state index contributed by atoms with van der Waals surface area (Å²) in [6.07, 6.45) is 0. The first-order valence-electron chi connectivity index (χ1n) is 9.74. The molecule has 1 aromatic heterocycles. The third-order valence-corrected chi connectivity index (χ3v) is 4.57. The van der Waals surface area contributed by atoms with Crippen molar-refractivity contribution in [2.45, 2.75) is 34.2 Å². The Hall–Kier alpha value is -3.15. The third-order valence-electron chi connectivity index (χ3n) is 4.57. The fourth-order valence-electron chi connectivity index (χ4n) is 3.23. The van der Waals surface area contributed by atoms with Crippen LogP contribution in [-0.2, 0) is 11.3 Å². The van der Waals surface area contributed by atoms with Gasteiger partial charge in [-0.05, 0) is 37.0 Å². The number of para-hydroxylation sites is 1. The van der Waals surface area contributed by atoms with Gasteiger partial charge in [-0.2, -0.15) is 5.10 Å². The molecular formula is C23H26N2O4. The maximum atomic E-state index is 12.7. The van der Waals surface area contributed by atoms with Crippen molar-refractivity contribution in [3.05, 3.63) is 69.6 Å². The monoisotopic (exact) mass is 394 g/mol. The molecule has 3 aromatic rings. The predicted octanol–water partition coefficient (Wildman–Crippen LogP) is 3.91. The number of hydrogen-bond acceptors (Lipinski definition) is 5. The topological polar surface area (TPSA) is 70.4 Å². The second-order valence-electron chi connectivity index (χ2n) is 7.48. The van der Waals surface area contributed by atoms with Gasteiger partial charge in [0, 0.05) is 11.9 Å². The van der Waals surface area contributed by atoms with Gasteiger partial charge >= 0.3 is 5.97 Å². The summed E-state index contributed by atoms with van der Waals surface area (Å²) in [5, 5.41) is 5.25. The highest BCUT2D eigenvalue weighted by Gasteiger charge is 2.18. The van der Waals surface area contributed by atoms with E-state index in [1.807, 2.05) is 45.9 Å². The Morgan fingerprint density at radius 1 is 1.00 bits per heavy atom. The van der Waals surface area contributed by atoms with E-state index in [4.69, 9.17) is 9.47 Å². The molecule has 29 heavy (non-hydrogen) atoms. The van der Waals surface area contributed by atoms with Crippen LogP contribution in [0.3, 0.4) is 0 Å². The number of nitrogens with zero attached hydrogens (tertiary/aromatic N) is 2. The third kappa shape index (κ3) is 4.65. The number of hydrogen-bond donors (Lipinski definition) is 0. The molecule has 0 atom stereocenters. The van der Waals surface area contributed by atoms with Gasteiger partial charge in [0.25, 0.3) is 5.56 Å². The number of benzene rings is 2. The molecule has 0 bridgehead atoms. The van der Waals surface area contributed by atoms with Gasteiger partial charge in [0.2, 0.25) is 0 Å². The smallest absolute Gasteiger partial charge is 0.359 e. The van der Waals surface area contributed by atoms with Crippen molar-refractivity contribution in [2.24, 2.45) is 5.92 Å². The number of ether oxygens (including phenoxy) is 2. The quantitative estimate of drug-likeness (QED) is 0.449. The van der Waals surface area contributed by atoms with E-state index in [1.165, 1.54) is 4.68 Å². The molecule has 1 heterocycles. The first-order valence-corrected chi connectivity index (χ1v) is 9.74. The van der Waals surface area contributed by atoms with Crippen molar-refractivity contribution >= 4 is 16.7 Å². The highest BCUT2D eigenvalue weighted by Crippen LogP contribution is 2.22. The fourth-order valence-corrected chi connectivity index (χ4v) is 3.23. The minimum absolute atomic E-state index is 0.0892. The molecule has 6 heteroatoms. The molecule has 0 spiro atoms. The van der Waals surface area contributed by atoms with Crippen molar-refractivity contribution in [1.29, 1.82) is 0 Å². The average Bonchev–Trinajstić information content (AvgIpc) is 2.68. The Balaban J connectivity index is 1.76. The summed E-state index contributed by atoms with van der Waals surface area (Å²) in [7, 11) is 0. The van der Waals surface area contributed by atoms with Gasteiger partial charge < -0.3 is 9.47 Å². The Kier molecular flexibility index (Phi) is 6.32. The molecule has 0 saturated heterocycles. The van der Waals surface area contributed by atoms with E-state index in [0.29, 0.717) is 17.3 Å². The minimum Gasteiger partial charge on any atom is -0.489 e. The van der Waals surface area contributed by atoms with Gasteiger partial charge in [0.05, 0.1) is 5.39 Å². The summed E-state index contributed by atoms with van der Waals surface area (Å²) in [6, 6.07) is 12.9. The normalized spacial score (nSPS) is 11.1. The van der Waals surface area contributed by atoms with Gasteiger partial charge in [-0.25, -0.2) is 9.48 Å². The molecule has 152 valence electrons. The fraction of sp³-hybridized carbons (Fsp3) is 0.348. The molecule has 0 unspecified atom stereocenters. The summed E-state index contributed by atoms with van der Waals surface area (Å²) in [4.78, 5) is 25.3. The van der Waals surface area contributed by atoms with Crippen LogP contribution in [0.4, 0.5) is 0 Å². The zero-order valence-electron chi connectivity index (χ0n) is 17.3. The number of fused-ring (bicyclic) bond motifs is 1. The highest BCUT2D eigenvalue weighted by molar-refractivity contribution is 6.02. The number of rotatable bonds is 7. The first-order chi connectivity index (χ1) is 13.9. The van der Waals surface area contributed by atoms with Gasteiger partial charge in [-0.1, -0.05) is 50.2 Å². The van der Waals surface area contributed by atoms with Crippen LogP contribution in [0, 0.1) is 19.8 Å². The van der Waals surface area contributed by atoms with Crippen molar-refractivity contribution < 1.29 is 14.3 Å². The van der Waals surface area contributed by atoms with Crippen molar-refractivity contribution in [2.75, 3.05) is 13.2 Å². The van der Waals surface area contributed by atoms with Crippen molar-refractivity contribution in [1.82, 2.24) is 9.78 Å². The largest absolute Gasteiger partial charge is 0.489 e. The molecule has 0 aliphatic carbocycles. The van der Waals surface area contributed by atoms with Crippen LogP contribution >= 0.6 is 0 Å². The van der Waals surface area contributed by atoms with E-state index in [2.05, 4.69) is 5.10 Å². The molecule has 0 amide bonds. The lowest BCUT2D eigenvalue weighted by molar-refractivity contribution is 0.0442. The Morgan fingerprint density at radius 2 is 1.66 bits per heavy atom. The Labute approximate surface area is 170 Å². The lowest BCUT2D eigenvalue weighted by Crippen LogP contribution is -2.28. The SMILES string of the molecule is Cc1cccc(C)c1OCCOC(=O)c1nn(CC(C)C)c(=O)c2ccccc12. The molecule has 2 aromatic carbocycles. The van der Waals surface area contributed by atoms with E-state index < -0.39 is 5.97 Å². The minimum atomic E-state index is -0.566. The molecule has 0 N–H and O–H groups in total. The van der Waals surface area contributed by atoms with E-state index in [0.717, 1.165) is 16.9 Å². The van der Waals surface area contributed by atoms with Crippen molar-refractivity contribution in [3.63, 3.8) is 0 Å².